The van der Waals surface area contributed by atoms with E-state index in [1.54, 1.807) is 0 Å². The van der Waals surface area contributed by atoms with Crippen LogP contribution in [-0.2, 0) is 0 Å². The number of hydrogen-bond acceptors (Lipinski definition) is 3. The van der Waals surface area contributed by atoms with Crippen LogP contribution in [0.4, 0.5) is 0 Å². The molecule has 1 heterocycles. The van der Waals surface area contributed by atoms with Gasteiger partial charge in [0.05, 0.1) is 6.61 Å². The number of nitrogens with one attached hydrogen (secondary N) is 1. The standard InChI is InChI=1S/C17H34N2O/c1-2-15-7-5-8-16(13-15)18-10-3-4-11-19-12-6-9-17(19)14-20/h15-18,20H,2-14H2,1H3. The first-order valence-electron chi connectivity index (χ1n) is 8.91. The molecule has 118 valence electrons. The highest BCUT2D eigenvalue weighted by atomic mass is 16.3. The lowest BCUT2D eigenvalue weighted by molar-refractivity contribution is 0.157. The van der Waals surface area contributed by atoms with Crippen LogP contribution in [0.15, 0.2) is 0 Å². The van der Waals surface area contributed by atoms with E-state index in [9.17, 15) is 5.11 Å². The second kappa shape index (κ2) is 9.01. The van der Waals surface area contributed by atoms with Gasteiger partial charge < -0.3 is 10.4 Å². The number of likely N-dealkylation sites (tertiary alicyclic amines) is 1. The minimum atomic E-state index is 0.346. The summed E-state index contributed by atoms with van der Waals surface area (Å²) < 4.78 is 0. The van der Waals surface area contributed by atoms with Crippen LogP contribution < -0.4 is 5.32 Å². The maximum atomic E-state index is 9.30. The van der Waals surface area contributed by atoms with E-state index in [2.05, 4.69) is 17.1 Å². The molecule has 2 N–H and O–H groups in total. The van der Waals surface area contributed by atoms with Crippen molar-refractivity contribution in [3.63, 3.8) is 0 Å². The molecular formula is C17H34N2O. The zero-order valence-corrected chi connectivity index (χ0v) is 13.3. The molecule has 0 aromatic rings. The van der Waals surface area contributed by atoms with Gasteiger partial charge in [0.15, 0.2) is 0 Å². The minimum absolute atomic E-state index is 0.346. The number of rotatable bonds is 8. The van der Waals surface area contributed by atoms with Crippen molar-refractivity contribution in [3.8, 4) is 0 Å². The Kier molecular flexibility index (Phi) is 7.32. The predicted octanol–water partition coefficient (Wildman–Crippen LogP) is 2.78. The van der Waals surface area contributed by atoms with Crippen LogP contribution in [0, 0.1) is 5.92 Å². The fraction of sp³-hybridized carbons (Fsp3) is 1.00. The van der Waals surface area contributed by atoms with Gasteiger partial charge in [-0.2, -0.15) is 0 Å². The maximum absolute atomic E-state index is 9.30. The van der Waals surface area contributed by atoms with Gasteiger partial charge >= 0.3 is 0 Å². The van der Waals surface area contributed by atoms with Gasteiger partial charge in [0.2, 0.25) is 0 Å². The van der Waals surface area contributed by atoms with Gasteiger partial charge in [0, 0.05) is 12.1 Å². The van der Waals surface area contributed by atoms with Gasteiger partial charge in [-0.05, 0) is 64.1 Å². The van der Waals surface area contributed by atoms with Crippen molar-refractivity contribution in [1.82, 2.24) is 10.2 Å². The first kappa shape index (κ1) is 16.3. The Bertz CT molecular complexity index is 259. The Morgan fingerprint density at radius 1 is 1.15 bits per heavy atom. The summed E-state index contributed by atoms with van der Waals surface area (Å²) in [6.45, 7) is 6.23. The summed E-state index contributed by atoms with van der Waals surface area (Å²) in [4.78, 5) is 2.48. The first-order valence-corrected chi connectivity index (χ1v) is 8.91. The largest absolute Gasteiger partial charge is 0.395 e. The number of nitrogens with zero attached hydrogens (tertiary/aromatic N) is 1. The SMILES string of the molecule is CCC1CCCC(NCCCCN2CCCC2CO)C1. The van der Waals surface area contributed by atoms with Crippen molar-refractivity contribution >= 4 is 0 Å². The lowest BCUT2D eigenvalue weighted by Crippen LogP contribution is -2.35. The summed E-state index contributed by atoms with van der Waals surface area (Å²) in [6, 6.07) is 1.23. The average molecular weight is 282 g/mol. The molecule has 1 aliphatic carbocycles. The van der Waals surface area contributed by atoms with Gasteiger partial charge in [0.1, 0.15) is 0 Å². The van der Waals surface area contributed by atoms with E-state index in [-0.39, 0.29) is 0 Å². The van der Waals surface area contributed by atoms with Crippen molar-refractivity contribution in [2.75, 3.05) is 26.2 Å². The Morgan fingerprint density at radius 3 is 2.85 bits per heavy atom. The summed E-state index contributed by atoms with van der Waals surface area (Å²) in [7, 11) is 0. The lowest BCUT2D eigenvalue weighted by atomic mass is 9.84. The van der Waals surface area contributed by atoms with E-state index in [4.69, 9.17) is 0 Å². The van der Waals surface area contributed by atoms with Gasteiger partial charge in [-0.3, -0.25) is 4.90 Å². The van der Waals surface area contributed by atoms with Crippen LogP contribution in [0.2, 0.25) is 0 Å². The van der Waals surface area contributed by atoms with Gasteiger partial charge in [-0.15, -0.1) is 0 Å². The van der Waals surface area contributed by atoms with E-state index >= 15 is 0 Å². The first-order chi connectivity index (χ1) is 9.83. The molecule has 0 radical (unpaired) electrons. The number of aliphatic hydroxyl groups excluding tert-OH is 1. The molecule has 2 fully saturated rings. The molecule has 20 heavy (non-hydrogen) atoms. The topological polar surface area (TPSA) is 35.5 Å². The molecule has 3 nitrogen and oxygen atoms in total. The number of unbranched alkanes of at least 4 members (excludes halogenated alkanes) is 1. The zero-order valence-electron chi connectivity index (χ0n) is 13.3. The van der Waals surface area contributed by atoms with Crippen LogP contribution in [0.25, 0.3) is 0 Å². The third-order valence-electron chi connectivity index (χ3n) is 5.38. The normalized spacial score (nSPS) is 31.8. The highest BCUT2D eigenvalue weighted by Gasteiger charge is 2.23. The summed E-state index contributed by atoms with van der Waals surface area (Å²) >= 11 is 0. The predicted molar refractivity (Wildman–Crippen MR) is 85.0 cm³/mol. The van der Waals surface area contributed by atoms with Crippen LogP contribution in [0.1, 0.15) is 64.7 Å². The van der Waals surface area contributed by atoms with Gasteiger partial charge in [-0.25, -0.2) is 0 Å². The molecule has 1 saturated heterocycles. The van der Waals surface area contributed by atoms with E-state index in [0.717, 1.165) is 12.0 Å². The fourth-order valence-corrected chi connectivity index (χ4v) is 3.99. The zero-order chi connectivity index (χ0) is 14.2. The quantitative estimate of drug-likeness (QED) is 0.672. The highest BCUT2D eigenvalue weighted by Crippen LogP contribution is 2.26. The molecule has 0 amide bonds. The van der Waals surface area contributed by atoms with Gasteiger partial charge in [0.25, 0.3) is 0 Å². The van der Waals surface area contributed by atoms with E-state index < -0.39 is 0 Å². The summed E-state index contributed by atoms with van der Waals surface area (Å²) in [5.41, 5.74) is 0. The molecule has 3 atom stereocenters. The van der Waals surface area contributed by atoms with Crippen molar-refractivity contribution < 1.29 is 5.11 Å². The van der Waals surface area contributed by atoms with Crippen LogP contribution >= 0.6 is 0 Å². The van der Waals surface area contributed by atoms with Gasteiger partial charge in [-0.1, -0.05) is 26.2 Å². The molecular weight excluding hydrogens is 248 g/mol. The Morgan fingerprint density at radius 2 is 2.05 bits per heavy atom. The molecule has 3 heteroatoms. The number of hydrogen-bond donors (Lipinski definition) is 2. The molecule has 0 aromatic carbocycles. The Balaban J connectivity index is 1.51. The van der Waals surface area contributed by atoms with E-state index in [0.29, 0.717) is 12.6 Å². The number of aliphatic hydroxyl groups is 1. The smallest absolute Gasteiger partial charge is 0.0586 e. The van der Waals surface area contributed by atoms with Crippen molar-refractivity contribution in [1.29, 1.82) is 0 Å². The Labute approximate surface area is 125 Å². The van der Waals surface area contributed by atoms with Crippen molar-refractivity contribution in [2.45, 2.75) is 76.8 Å². The molecule has 0 bridgehead atoms. The van der Waals surface area contributed by atoms with Crippen LogP contribution in [-0.4, -0.2) is 48.3 Å². The van der Waals surface area contributed by atoms with Crippen LogP contribution in [0.3, 0.4) is 0 Å². The maximum Gasteiger partial charge on any atom is 0.0586 e. The average Bonchev–Trinajstić information content (AvgIpc) is 2.94. The molecule has 2 rings (SSSR count). The molecule has 1 saturated carbocycles. The second-order valence-corrected chi connectivity index (χ2v) is 6.81. The molecule has 3 unspecified atom stereocenters. The van der Waals surface area contributed by atoms with Crippen molar-refractivity contribution in [3.05, 3.63) is 0 Å². The van der Waals surface area contributed by atoms with Crippen molar-refractivity contribution in [2.24, 2.45) is 5.92 Å². The fourth-order valence-electron chi connectivity index (χ4n) is 3.99. The molecule has 1 aliphatic heterocycles. The summed E-state index contributed by atoms with van der Waals surface area (Å²) in [6.07, 6.45) is 12.0. The summed E-state index contributed by atoms with van der Waals surface area (Å²) in [5.74, 6) is 0.969. The highest BCUT2D eigenvalue weighted by molar-refractivity contribution is 4.79. The lowest BCUT2D eigenvalue weighted by Gasteiger charge is -2.29. The van der Waals surface area contributed by atoms with Crippen LogP contribution in [0.5, 0.6) is 0 Å². The summed E-state index contributed by atoms with van der Waals surface area (Å²) in [5, 5.41) is 13.1. The molecule has 0 aromatic heterocycles. The van der Waals surface area contributed by atoms with E-state index in [1.165, 1.54) is 77.4 Å². The third kappa shape index (κ3) is 5.01. The van der Waals surface area contributed by atoms with E-state index in [1.807, 2.05) is 0 Å². The second-order valence-electron chi connectivity index (χ2n) is 6.81. The third-order valence-corrected chi connectivity index (χ3v) is 5.38. The molecule has 2 aliphatic rings. The monoisotopic (exact) mass is 282 g/mol. The Hall–Kier alpha value is -0.120. The minimum Gasteiger partial charge on any atom is -0.395 e. The molecule has 0 spiro atoms.